The smallest absolute Gasteiger partial charge is 0.134 e. The normalized spacial score (nSPS) is 11.0. The van der Waals surface area contributed by atoms with E-state index in [9.17, 15) is 4.39 Å². The van der Waals surface area contributed by atoms with Gasteiger partial charge in [-0.15, -0.1) is 0 Å². The summed E-state index contributed by atoms with van der Waals surface area (Å²) in [5.74, 6) is 0.534. The Kier molecular flexibility index (Phi) is 2.50. The Bertz CT molecular complexity index is 434. The molecule has 0 unspecified atom stereocenters. The number of fused-ring (bicyclic) bond motifs is 1. The van der Waals surface area contributed by atoms with Gasteiger partial charge in [0.05, 0.1) is 0 Å². The summed E-state index contributed by atoms with van der Waals surface area (Å²) in [6.07, 6.45) is 1.36. The van der Waals surface area contributed by atoms with Gasteiger partial charge in [-0.1, -0.05) is 0 Å². The SMILES string of the molecule is OCCCc1cc2cc(F)ccc2o1. The molecule has 0 aliphatic rings. The first-order valence-electron chi connectivity index (χ1n) is 4.58. The molecule has 0 amide bonds. The summed E-state index contributed by atoms with van der Waals surface area (Å²) in [6.45, 7) is 0.144. The van der Waals surface area contributed by atoms with E-state index in [1.54, 1.807) is 6.07 Å². The average molecular weight is 194 g/mol. The zero-order chi connectivity index (χ0) is 9.97. The Labute approximate surface area is 81.0 Å². The van der Waals surface area contributed by atoms with Crippen molar-refractivity contribution in [3.8, 4) is 0 Å². The molecule has 0 aliphatic heterocycles. The predicted molar refractivity (Wildman–Crippen MR) is 51.6 cm³/mol. The molecule has 1 N–H and O–H groups in total. The van der Waals surface area contributed by atoms with Crippen LogP contribution in [0.25, 0.3) is 11.0 Å². The van der Waals surface area contributed by atoms with Crippen LogP contribution in [0.4, 0.5) is 4.39 Å². The van der Waals surface area contributed by atoms with E-state index < -0.39 is 0 Å². The highest BCUT2D eigenvalue weighted by atomic mass is 19.1. The molecule has 0 saturated heterocycles. The second-order valence-corrected chi connectivity index (χ2v) is 3.22. The topological polar surface area (TPSA) is 33.4 Å². The summed E-state index contributed by atoms with van der Waals surface area (Å²) in [4.78, 5) is 0. The molecule has 3 heteroatoms. The van der Waals surface area contributed by atoms with Crippen LogP contribution in [0.15, 0.2) is 28.7 Å². The van der Waals surface area contributed by atoms with E-state index in [2.05, 4.69) is 0 Å². The van der Waals surface area contributed by atoms with Crippen molar-refractivity contribution >= 4 is 11.0 Å². The van der Waals surface area contributed by atoms with Crippen LogP contribution < -0.4 is 0 Å². The molecule has 0 atom stereocenters. The standard InChI is InChI=1S/C11H11FO2/c12-9-3-4-11-8(6-9)7-10(14-11)2-1-5-13/h3-4,6-7,13H,1-2,5H2. The summed E-state index contributed by atoms with van der Waals surface area (Å²) in [5, 5.41) is 9.42. The largest absolute Gasteiger partial charge is 0.461 e. The fraction of sp³-hybridized carbons (Fsp3) is 0.273. The van der Waals surface area contributed by atoms with Gasteiger partial charge in [-0.05, 0) is 30.7 Å². The quantitative estimate of drug-likeness (QED) is 0.814. The zero-order valence-corrected chi connectivity index (χ0v) is 7.66. The van der Waals surface area contributed by atoms with Gasteiger partial charge in [-0.25, -0.2) is 4.39 Å². The lowest BCUT2D eigenvalue weighted by Crippen LogP contribution is -1.85. The van der Waals surface area contributed by atoms with E-state index in [1.807, 2.05) is 6.07 Å². The van der Waals surface area contributed by atoms with Crippen molar-refractivity contribution in [3.63, 3.8) is 0 Å². The van der Waals surface area contributed by atoms with Crippen molar-refractivity contribution in [3.05, 3.63) is 35.8 Å². The second kappa shape index (κ2) is 3.80. The van der Waals surface area contributed by atoms with Crippen LogP contribution in [0, 0.1) is 5.82 Å². The second-order valence-electron chi connectivity index (χ2n) is 3.22. The summed E-state index contributed by atoms with van der Waals surface area (Å²) >= 11 is 0. The van der Waals surface area contributed by atoms with Crippen molar-refractivity contribution in [1.29, 1.82) is 0 Å². The number of halogens is 1. The highest BCUT2D eigenvalue weighted by molar-refractivity contribution is 5.77. The van der Waals surface area contributed by atoms with Crippen LogP contribution in [0.1, 0.15) is 12.2 Å². The molecule has 2 rings (SSSR count). The van der Waals surface area contributed by atoms with Crippen LogP contribution in [-0.2, 0) is 6.42 Å². The van der Waals surface area contributed by atoms with E-state index >= 15 is 0 Å². The van der Waals surface area contributed by atoms with E-state index in [0.29, 0.717) is 18.4 Å². The molecule has 0 radical (unpaired) electrons. The van der Waals surface area contributed by atoms with Crippen LogP contribution in [-0.4, -0.2) is 11.7 Å². The number of aryl methyl sites for hydroxylation is 1. The van der Waals surface area contributed by atoms with Gasteiger partial charge in [0.2, 0.25) is 0 Å². The molecule has 2 aromatic rings. The molecule has 0 bridgehead atoms. The molecule has 1 aromatic heterocycles. The lowest BCUT2D eigenvalue weighted by Gasteiger charge is -1.90. The van der Waals surface area contributed by atoms with Gasteiger partial charge in [0, 0.05) is 18.4 Å². The number of rotatable bonds is 3. The van der Waals surface area contributed by atoms with Crippen molar-refractivity contribution < 1.29 is 13.9 Å². The lowest BCUT2D eigenvalue weighted by atomic mass is 10.2. The van der Waals surface area contributed by atoms with Crippen LogP contribution >= 0.6 is 0 Å². The van der Waals surface area contributed by atoms with E-state index in [1.165, 1.54) is 12.1 Å². The molecule has 0 spiro atoms. The number of benzene rings is 1. The highest BCUT2D eigenvalue weighted by Gasteiger charge is 2.03. The van der Waals surface area contributed by atoms with Gasteiger partial charge in [0.25, 0.3) is 0 Å². The molecule has 1 heterocycles. The van der Waals surface area contributed by atoms with Gasteiger partial charge in [0.1, 0.15) is 17.2 Å². The Morgan fingerprint density at radius 2 is 2.14 bits per heavy atom. The van der Waals surface area contributed by atoms with E-state index in [4.69, 9.17) is 9.52 Å². The molecular formula is C11H11FO2. The number of hydrogen-bond acceptors (Lipinski definition) is 2. The minimum Gasteiger partial charge on any atom is -0.461 e. The highest BCUT2D eigenvalue weighted by Crippen LogP contribution is 2.20. The van der Waals surface area contributed by atoms with Crippen molar-refractivity contribution in [2.24, 2.45) is 0 Å². The molecule has 0 fully saturated rings. The van der Waals surface area contributed by atoms with Crippen molar-refractivity contribution in [2.75, 3.05) is 6.61 Å². The lowest BCUT2D eigenvalue weighted by molar-refractivity contribution is 0.285. The average Bonchev–Trinajstić information content (AvgIpc) is 2.56. The van der Waals surface area contributed by atoms with Gasteiger partial charge in [-0.2, -0.15) is 0 Å². The predicted octanol–water partition coefficient (Wildman–Crippen LogP) is 2.50. The number of aliphatic hydroxyl groups excluding tert-OH is 1. The maximum atomic E-state index is 12.8. The third-order valence-corrected chi connectivity index (χ3v) is 2.11. The molecule has 74 valence electrons. The number of hydrogen-bond donors (Lipinski definition) is 1. The molecule has 0 saturated carbocycles. The molecular weight excluding hydrogens is 183 g/mol. The molecule has 2 nitrogen and oxygen atoms in total. The summed E-state index contributed by atoms with van der Waals surface area (Å²) < 4.78 is 18.3. The van der Waals surface area contributed by atoms with Gasteiger partial charge in [-0.3, -0.25) is 0 Å². The maximum absolute atomic E-state index is 12.8. The first-order valence-corrected chi connectivity index (χ1v) is 4.58. The fourth-order valence-corrected chi connectivity index (χ4v) is 1.45. The minimum absolute atomic E-state index is 0.144. The van der Waals surface area contributed by atoms with Gasteiger partial charge in [0.15, 0.2) is 0 Å². The maximum Gasteiger partial charge on any atom is 0.134 e. The van der Waals surface area contributed by atoms with Gasteiger partial charge < -0.3 is 9.52 Å². The molecule has 0 aliphatic carbocycles. The van der Waals surface area contributed by atoms with Crippen LogP contribution in [0.2, 0.25) is 0 Å². The fourth-order valence-electron chi connectivity index (χ4n) is 1.45. The Hall–Kier alpha value is -1.35. The van der Waals surface area contributed by atoms with Crippen molar-refractivity contribution in [1.82, 2.24) is 0 Å². The Morgan fingerprint density at radius 1 is 1.29 bits per heavy atom. The first kappa shape index (κ1) is 9.21. The summed E-state index contributed by atoms with van der Waals surface area (Å²) in [7, 11) is 0. The number of furan rings is 1. The first-order chi connectivity index (χ1) is 6.79. The van der Waals surface area contributed by atoms with E-state index in [0.717, 1.165) is 11.1 Å². The monoisotopic (exact) mass is 194 g/mol. The third-order valence-electron chi connectivity index (χ3n) is 2.11. The molecule has 1 aromatic carbocycles. The summed E-state index contributed by atoms with van der Waals surface area (Å²) in [6, 6.07) is 6.25. The van der Waals surface area contributed by atoms with Crippen LogP contribution in [0.5, 0.6) is 0 Å². The molecule has 14 heavy (non-hydrogen) atoms. The van der Waals surface area contributed by atoms with Gasteiger partial charge >= 0.3 is 0 Å². The summed E-state index contributed by atoms with van der Waals surface area (Å²) in [5.41, 5.74) is 0.694. The minimum atomic E-state index is -0.257. The van der Waals surface area contributed by atoms with E-state index in [-0.39, 0.29) is 12.4 Å². The van der Waals surface area contributed by atoms with Crippen molar-refractivity contribution in [2.45, 2.75) is 12.8 Å². The Morgan fingerprint density at radius 3 is 2.93 bits per heavy atom. The Balaban J connectivity index is 2.32. The third kappa shape index (κ3) is 1.77. The van der Waals surface area contributed by atoms with Crippen LogP contribution in [0.3, 0.4) is 0 Å². The zero-order valence-electron chi connectivity index (χ0n) is 7.66. The number of aliphatic hydroxyl groups is 1.